The maximum Gasteiger partial charge on any atom is 0.314 e. The Bertz CT molecular complexity index is 1200. The van der Waals surface area contributed by atoms with Gasteiger partial charge in [-0.15, -0.1) is 0 Å². The summed E-state index contributed by atoms with van der Waals surface area (Å²) >= 11 is 0. The van der Waals surface area contributed by atoms with Crippen molar-refractivity contribution in [1.29, 1.82) is 0 Å². The molecule has 0 bridgehead atoms. The lowest BCUT2D eigenvalue weighted by atomic mass is 9.80. The van der Waals surface area contributed by atoms with Crippen molar-refractivity contribution in [3.8, 4) is 16.9 Å². The van der Waals surface area contributed by atoms with E-state index in [1.165, 1.54) is 0 Å². The van der Waals surface area contributed by atoms with E-state index in [-0.39, 0.29) is 12.8 Å². The van der Waals surface area contributed by atoms with Gasteiger partial charge in [0.15, 0.2) is 34.9 Å². The summed E-state index contributed by atoms with van der Waals surface area (Å²) in [5.41, 5.74) is -4.86. The summed E-state index contributed by atoms with van der Waals surface area (Å²) in [6.07, 6.45) is 11.4. The lowest BCUT2D eigenvalue weighted by Gasteiger charge is -2.27. The van der Waals surface area contributed by atoms with Gasteiger partial charge in [-0.2, -0.15) is 8.78 Å². The Balaban J connectivity index is 1.80. The zero-order valence-corrected chi connectivity index (χ0v) is 24.8. The average Bonchev–Trinajstić information content (AvgIpc) is 3.00. The van der Waals surface area contributed by atoms with Gasteiger partial charge >= 0.3 is 5.97 Å². The Morgan fingerprint density at radius 2 is 1.02 bits per heavy atom. The number of hydrogen-bond donors (Lipinski definition) is 0. The van der Waals surface area contributed by atoms with Crippen LogP contribution in [0.25, 0.3) is 11.1 Å². The highest BCUT2D eigenvalue weighted by molar-refractivity contribution is 5.76. The average molecular weight is 621 g/mol. The summed E-state index contributed by atoms with van der Waals surface area (Å²) in [4.78, 5) is 12.6. The fourth-order valence-corrected chi connectivity index (χ4v) is 5.85. The molecule has 10 heteroatoms. The van der Waals surface area contributed by atoms with Crippen LogP contribution in [0.3, 0.4) is 0 Å². The van der Waals surface area contributed by atoms with E-state index >= 15 is 8.78 Å². The van der Waals surface area contributed by atoms with Crippen molar-refractivity contribution in [2.24, 2.45) is 11.8 Å². The first-order valence-electron chi connectivity index (χ1n) is 15.5. The number of rotatable bonds is 15. The number of hydrogen-bond acceptors (Lipinski definition) is 2. The van der Waals surface area contributed by atoms with Crippen LogP contribution in [0.4, 0.5) is 35.1 Å². The molecular formula is C33H40F8O2. The number of unbranched alkanes of at least 4 members (excludes halogenated alkanes) is 8. The lowest BCUT2D eigenvalue weighted by Crippen LogP contribution is -2.26. The molecule has 1 aliphatic rings. The SMILES string of the molecule is CCCCCCCCc1c(F)c(F)c(-c2c(F)c(F)c(OC(=O)C3CCC(CCCCCC)CC3)c(F)c2F)c(F)c1F. The van der Waals surface area contributed by atoms with E-state index in [2.05, 4.69) is 6.92 Å². The minimum atomic E-state index is -2.35. The summed E-state index contributed by atoms with van der Waals surface area (Å²) in [6, 6.07) is 0. The van der Waals surface area contributed by atoms with Crippen molar-refractivity contribution in [3.63, 3.8) is 0 Å². The molecule has 0 amide bonds. The number of benzene rings is 2. The fraction of sp³-hybridized carbons (Fsp3) is 0.606. The quantitative estimate of drug-likeness (QED) is 0.0651. The maximum absolute atomic E-state index is 15.0. The first-order valence-corrected chi connectivity index (χ1v) is 15.5. The Morgan fingerprint density at radius 1 is 0.581 bits per heavy atom. The third-order valence-corrected chi connectivity index (χ3v) is 8.46. The van der Waals surface area contributed by atoms with Crippen LogP contribution in [0.1, 0.15) is 116 Å². The molecule has 240 valence electrons. The summed E-state index contributed by atoms with van der Waals surface area (Å²) in [5, 5.41) is 0. The van der Waals surface area contributed by atoms with E-state index in [1.54, 1.807) is 0 Å². The number of ether oxygens (including phenoxy) is 1. The molecule has 0 saturated heterocycles. The second-order valence-corrected chi connectivity index (χ2v) is 11.6. The van der Waals surface area contributed by atoms with Gasteiger partial charge in [-0.25, -0.2) is 26.3 Å². The van der Waals surface area contributed by atoms with Gasteiger partial charge < -0.3 is 4.74 Å². The van der Waals surface area contributed by atoms with E-state index < -0.39 is 80.9 Å². The van der Waals surface area contributed by atoms with Gasteiger partial charge in [-0.05, 0) is 44.4 Å². The Labute approximate surface area is 248 Å². The van der Waals surface area contributed by atoms with E-state index in [0.717, 1.165) is 57.8 Å². The molecule has 43 heavy (non-hydrogen) atoms. The minimum absolute atomic E-state index is 0.197. The van der Waals surface area contributed by atoms with Crippen LogP contribution in [0.15, 0.2) is 0 Å². The highest BCUT2D eigenvalue weighted by atomic mass is 19.2. The zero-order valence-electron chi connectivity index (χ0n) is 24.8. The molecule has 0 unspecified atom stereocenters. The van der Waals surface area contributed by atoms with Crippen LogP contribution in [0.5, 0.6) is 5.75 Å². The Morgan fingerprint density at radius 3 is 1.53 bits per heavy atom. The predicted molar refractivity (Wildman–Crippen MR) is 148 cm³/mol. The molecule has 3 rings (SSSR count). The smallest absolute Gasteiger partial charge is 0.314 e. The summed E-state index contributed by atoms with van der Waals surface area (Å²) in [7, 11) is 0. The van der Waals surface area contributed by atoms with Gasteiger partial charge in [-0.1, -0.05) is 78.1 Å². The molecule has 2 aromatic rings. The van der Waals surface area contributed by atoms with Gasteiger partial charge in [0.25, 0.3) is 0 Å². The van der Waals surface area contributed by atoms with Crippen molar-refractivity contribution in [1.82, 2.24) is 0 Å². The molecule has 0 radical (unpaired) electrons. The Kier molecular flexibility index (Phi) is 13.3. The molecule has 0 aliphatic heterocycles. The van der Waals surface area contributed by atoms with Crippen LogP contribution in [0.2, 0.25) is 0 Å². The van der Waals surface area contributed by atoms with Crippen molar-refractivity contribution >= 4 is 5.97 Å². The first kappa shape index (κ1) is 34.8. The van der Waals surface area contributed by atoms with Gasteiger partial charge in [0, 0.05) is 5.56 Å². The second kappa shape index (κ2) is 16.4. The minimum Gasteiger partial charge on any atom is -0.420 e. The number of carbonyl (C=O) groups is 1. The van der Waals surface area contributed by atoms with Crippen molar-refractivity contribution in [3.05, 3.63) is 52.1 Å². The van der Waals surface area contributed by atoms with Crippen molar-refractivity contribution in [2.45, 2.75) is 117 Å². The maximum atomic E-state index is 15.0. The van der Waals surface area contributed by atoms with Crippen LogP contribution >= 0.6 is 0 Å². The van der Waals surface area contributed by atoms with Gasteiger partial charge in [0.2, 0.25) is 17.4 Å². The summed E-state index contributed by atoms with van der Waals surface area (Å²) in [5.74, 6) is -20.5. The van der Waals surface area contributed by atoms with Crippen molar-refractivity contribution in [2.75, 3.05) is 0 Å². The molecule has 0 spiro atoms. The van der Waals surface area contributed by atoms with Crippen LogP contribution < -0.4 is 4.74 Å². The van der Waals surface area contributed by atoms with Gasteiger partial charge in [0.05, 0.1) is 17.0 Å². The third-order valence-electron chi connectivity index (χ3n) is 8.46. The third kappa shape index (κ3) is 8.29. The highest BCUT2D eigenvalue weighted by Gasteiger charge is 2.36. The lowest BCUT2D eigenvalue weighted by molar-refractivity contribution is -0.140. The molecule has 1 aliphatic carbocycles. The first-order chi connectivity index (χ1) is 20.5. The van der Waals surface area contributed by atoms with E-state index in [1.807, 2.05) is 6.92 Å². The normalized spacial score (nSPS) is 17.0. The molecule has 0 heterocycles. The predicted octanol–water partition coefficient (Wildman–Crippen LogP) is 11.1. The molecule has 0 N–H and O–H groups in total. The zero-order chi connectivity index (χ0) is 31.7. The largest absolute Gasteiger partial charge is 0.420 e. The topological polar surface area (TPSA) is 26.3 Å². The number of carbonyl (C=O) groups excluding carboxylic acids is 1. The standard InChI is InChI=1S/C33H40F8O2/c1-3-5-7-9-10-12-14-21-24(34)26(36)22(27(37)25(21)35)23-28(38)30(40)32(31(41)29(23)39)43-33(42)20-17-15-19(16-18-20)13-11-8-6-4-2/h19-20H,3-18H2,1-2H3. The number of halogens is 8. The van der Waals surface area contributed by atoms with Crippen LogP contribution in [-0.4, -0.2) is 5.97 Å². The molecule has 2 aromatic carbocycles. The second-order valence-electron chi connectivity index (χ2n) is 11.6. The highest BCUT2D eigenvalue weighted by Crippen LogP contribution is 2.41. The molecule has 2 nitrogen and oxygen atoms in total. The molecule has 1 saturated carbocycles. The molecule has 1 fully saturated rings. The van der Waals surface area contributed by atoms with Crippen LogP contribution in [0, 0.1) is 58.4 Å². The van der Waals surface area contributed by atoms with Crippen LogP contribution in [-0.2, 0) is 11.2 Å². The molecular weight excluding hydrogens is 580 g/mol. The summed E-state index contributed by atoms with van der Waals surface area (Å²) < 4.78 is 124. The van der Waals surface area contributed by atoms with Crippen molar-refractivity contribution < 1.29 is 44.7 Å². The molecule has 0 aromatic heterocycles. The van der Waals surface area contributed by atoms with E-state index in [0.29, 0.717) is 38.0 Å². The Hall–Kier alpha value is -2.65. The number of esters is 1. The van der Waals surface area contributed by atoms with Gasteiger partial charge in [0.1, 0.15) is 0 Å². The monoisotopic (exact) mass is 620 g/mol. The summed E-state index contributed by atoms with van der Waals surface area (Å²) in [6.45, 7) is 4.11. The molecule has 0 atom stereocenters. The van der Waals surface area contributed by atoms with Gasteiger partial charge in [-0.3, -0.25) is 4.79 Å². The fourth-order valence-electron chi connectivity index (χ4n) is 5.85. The van der Waals surface area contributed by atoms with E-state index in [9.17, 15) is 31.1 Å². The van der Waals surface area contributed by atoms with E-state index in [4.69, 9.17) is 4.74 Å².